The first-order valence-corrected chi connectivity index (χ1v) is 12.0. The van der Waals surface area contributed by atoms with E-state index in [-0.39, 0.29) is 39.6 Å². The molecule has 2 aromatic carbocycles. The topological polar surface area (TPSA) is 90.3 Å². The molecule has 0 saturated carbocycles. The van der Waals surface area contributed by atoms with Crippen molar-refractivity contribution in [1.82, 2.24) is 14.5 Å². The smallest absolute Gasteiger partial charge is 0.253 e. The number of hydrogen-bond donors (Lipinski definition) is 1. The molecule has 1 amide bonds. The van der Waals surface area contributed by atoms with Gasteiger partial charge in [-0.1, -0.05) is 37.0 Å². The molecule has 7 nitrogen and oxygen atoms in total. The SMILES string of the molecule is CC(C)c1cc(F)cc(Oc2c(Cl)ccc(C(=O)NCc3cnn(S(C)(=O)=O)c3)c2Cl)c1. The number of rotatable bonds is 7. The molecule has 1 aromatic heterocycles. The Balaban J connectivity index is 1.81. The maximum absolute atomic E-state index is 14.0. The van der Waals surface area contributed by atoms with Gasteiger partial charge >= 0.3 is 0 Å². The molecular formula is C21H20Cl2FN3O4S. The van der Waals surface area contributed by atoms with Gasteiger partial charge in [0.2, 0.25) is 0 Å². The summed E-state index contributed by atoms with van der Waals surface area (Å²) in [4.78, 5) is 12.7. The summed E-state index contributed by atoms with van der Waals surface area (Å²) in [7, 11) is -3.52. The van der Waals surface area contributed by atoms with Crippen LogP contribution >= 0.6 is 23.2 Å². The highest BCUT2D eigenvalue weighted by molar-refractivity contribution is 7.89. The molecule has 0 spiro atoms. The van der Waals surface area contributed by atoms with Crippen molar-refractivity contribution in [2.24, 2.45) is 0 Å². The summed E-state index contributed by atoms with van der Waals surface area (Å²) in [6.45, 7) is 3.86. The van der Waals surface area contributed by atoms with Crippen LogP contribution in [-0.4, -0.2) is 29.8 Å². The summed E-state index contributed by atoms with van der Waals surface area (Å²) in [6, 6.07) is 7.16. The van der Waals surface area contributed by atoms with E-state index in [2.05, 4.69) is 10.4 Å². The zero-order valence-electron chi connectivity index (χ0n) is 17.4. The van der Waals surface area contributed by atoms with E-state index in [0.717, 1.165) is 15.9 Å². The van der Waals surface area contributed by atoms with E-state index in [1.54, 1.807) is 6.07 Å². The summed E-state index contributed by atoms with van der Waals surface area (Å²) in [5.41, 5.74) is 1.30. The fourth-order valence-electron chi connectivity index (χ4n) is 2.79. The lowest BCUT2D eigenvalue weighted by Gasteiger charge is -2.14. The van der Waals surface area contributed by atoms with Crippen LogP contribution in [-0.2, 0) is 16.6 Å². The lowest BCUT2D eigenvalue weighted by Crippen LogP contribution is -2.23. The molecule has 0 unspecified atom stereocenters. The molecule has 0 aliphatic carbocycles. The summed E-state index contributed by atoms with van der Waals surface area (Å²) < 4.78 is 43.5. The zero-order chi connectivity index (χ0) is 23.6. The van der Waals surface area contributed by atoms with E-state index in [4.69, 9.17) is 27.9 Å². The molecule has 0 bridgehead atoms. The maximum atomic E-state index is 14.0. The van der Waals surface area contributed by atoms with Gasteiger partial charge in [-0.25, -0.2) is 12.8 Å². The minimum Gasteiger partial charge on any atom is -0.454 e. The van der Waals surface area contributed by atoms with E-state index in [9.17, 15) is 17.6 Å². The van der Waals surface area contributed by atoms with Gasteiger partial charge in [-0.05, 0) is 35.7 Å². The van der Waals surface area contributed by atoms with Gasteiger partial charge in [0.25, 0.3) is 15.9 Å². The first-order valence-electron chi connectivity index (χ1n) is 9.44. The molecule has 0 fully saturated rings. The number of nitrogens with one attached hydrogen (secondary N) is 1. The Hall–Kier alpha value is -2.62. The number of hydrogen-bond acceptors (Lipinski definition) is 5. The van der Waals surface area contributed by atoms with Gasteiger partial charge in [-0.2, -0.15) is 9.19 Å². The molecule has 0 aliphatic heterocycles. The molecule has 3 aromatic rings. The van der Waals surface area contributed by atoms with Gasteiger partial charge in [0, 0.05) is 24.4 Å². The van der Waals surface area contributed by atoms with Crippen LogP contribution in [0.1, 0.15) is 41.3 Å². The first-order chi connectivity index (χ1) is 15.0. The summed E-state index contributed by atoms with van der Waals surface area (Å²) in [5.74, 6) is -0.717. The van der Waals surface area contributed by atoms with Crippen LogP contribution in [0, 0.1) is 5.82 Å². The van der Waals surface area contributed by atoms with Crippen LogP contribution in [0.15, 0.2) is 42.7 Å². The van der Waals surface area contributed by atoms with E-state index in [1.807, 2.05) is 13.8 Å². The van der Waals surface area contributed by atoms with Crippen molar-refractivity contribution < 1.29 is 22.3 Å². The average molecular weight is 500 g/mol. The Labute approximate surface area is 195 Å². The lowest BCUT2D eigenvalue weighted by molar-refractivity contribution is 0.0950. The third-order valence-corrected chi connectivity index (χ3v) is 6.03. The van der Waals surface area contributed by atoms with Crippen molar-refractivity contribution in [1.29, 1.82) is 0 Å². The Bertz CT molecular complexity index is 1280. The van der Waals surface area contributed by atoms with E-state index in [0.29, 0.717) is 5.56 Å². The second-order valence-corrected chi connectivity index (χ2v) is 10.0. The quantitative estimate of drug-likeness (QED) is 0.494. The fraction of sp³-hybridized carbons (Fsp3) is 0.238. The van der Waals surface area contributed by atoms with Crippen LogP contribution < -0.4 is 10.1 Å². The van der Waals surface area contributed by atoms with Gasteiger partial charge in [-0.15, -0.1) is 0 Å². The molecule has 170 valence electrons. The highest BCUT2D eigenvalue weighted by atomic mass is 35.5. The number of nitrogens with zero attached hydrogens (tertiary/aromatic N) is 2. The lowest BCUT2D eigenvalue weighted by atomic mass is 10.0. The Morgan fingerprint density at radius 3 is 2.59 bits per heavy atom. The number of aromatic nitrogens is 2. The van der Waals surface area contributed by atoms with Crippen molar-refractivity contribution in [2.45, 2.75) is 26.3 Å². The van der Waals surface area contributed by atoms with Crippen LogP contribution in [0.4, 0.5) is 4.39 Å². The minimum absolute atomic E-state index is 0.0190. The third kappa shape index (κ3) is 5.59. The summed E-state index contributed by atoms with van der Waals surface area (Å²) >= 11 is 12.6. The van der Waals surface area contributed by atoms with Crippen LogP contribution in [0.2, 0.25) is 10.0 Å². The molecule has 32 heavy (non-hydrogen) atoms. The predicted octanol–water partition coefficient (Wildman–Crippen LogP) is 4.98. The number of carbonyl (C=O) groups is 1. The molecule has 3 rings (SSSR count). The Morgan fingerprint density at radius 1 is 1.25 bits per heavy atom. The fourth-order valence-corrected chi connectivity index (χ4v) is 3.86. The van der Waals surface area contributed by atoms with Crippen LogP contribution in [0.3, 0.4) is 0 Å². The molecule has 1 N–H and O–H groups in total. The van der Waals surface area contributed by atoms with Gasteiger partial charge in [0.1, 0.15) is 11.6 Å². The number of amides is 1. The molecule has 0 saturated heterocycles. The van der Waals surface area contributed by atoms with E-state index < -0.39 is 21.7 Å². The molecular weight excluding hydrogens is 480 g/mol. The van der Waals surface area contributed by atoms with E-state index in [1.165, 1.54) is 36.7 Å². The van der Waals surface area contributed by atoms with Crippen LogP contribution in [0.25, 0.3) is 0 Å². The van der Waals surface area contributed by atoms with Crippen molar-refractivity contribution in [2.75, 3.05) is 6.26 Å². The van der Waals surface area contributed by atoms with E-state index >= 15 is 0 Å². The molecule has 0 aliphatic rings. The average Bonchev–Trinajstić information content (AvgIpc) is 3.18. The van der Waals surface area contributed by atoms with Gasteiger partial charge in [0.05, 0.1) is 28.1 Å². The Kier molecular flexibility index (Phi) is 7.12. The highest BCUT2D eigenvalue weighted by Gasteiger charge is 2.19. The third-order valence-electron chi connectivity index (χ3n) is 4.48. The number of halogens is 3. The van der Waals surface area contributed by atoms with Crippen molar-refractivity contribution in [3.63, 3.8) is 0 Å². The molecule has 0 atom stereocenters. The van der Waals surface area contributed by atoms with Gasteiger partial charge < -0.3 is 10.1 Å². The first kappa shape index (κ1) is 24.0. The van der Waals surface area contributed by atoms with Gasteiger partial charge in [0.15, 0.2) is 5.75 Å². The number of benzene rings is 2. The van der Waals surface area contributed by atoms with Crippen molar-refractivity contribution in [3.05, 3.63) is 75.3 Å². The Morgan fingerprint density at radius 2 is 1.97 bits per heavy atom. The second-order valence-electron chi connectivity index (χ2n) is 7.38. The number of carbonyl (C=O) groups excluding carboxylic acids is 1. The van der Waals surface area contributed by atoms with Crippen molar-refractivity contribution in [3.8, 4) is 11.5 Å². The second kappa shape index (κ2) is 9.48. The normalized spacial score (nSPS) is 11.6. The summed E-state index contributed by atoms with van der Waals surface area (Å²) in [6.07, 6.45) is 3.64. The zero-order valence-corrected chi connectivity index (χ0v) is 19.7. The predicted molar refractivity (Wildman–Crippen MR) is 121 cm³/mol. The van der Waals surface area contributed by atoms with Crippen LogP contribution in [0.5, 0.6) is 11.5 Å². The minimum atomic E-state index is -3.52. The summed E-state index contributed by atoms with van der Waals surface area (Å²) in [5, 5.41) is 6.48. The van der Waals surface area contributed by atoms with Gasteiger partial charge in [-0.3, -0.25) is 4.79 Å². The molecule has 0 radical (unpaired) electrons. The largest absolute Gasteiger partial charge is 0.454 e. The molecule has 11 heteroatoms. The number of ether oxygens (including phenoxy) is 1. The maximum Gasteiger partial charge on any atom is 0.253 e. The highest BCUT2D eigenvalue weighted by Crippen LogP contribution is 2.39. The van der Waals surface area contributed by atoms with Crippen molar-refractivity contribution >= 4 is 39.1 Å². The standard InChI is InChI=1S/C21H20Cl2FN3O4S/c1-12(2)14-6-15(24)8-16(7-14)31-20-18(22)5-4-17(19(20)23)21(28)25-9-13-10-26-27(11-13)32(3,29)30/h4-8,10-12H,9H2,1-3H3,(H,25,28). The molecule has 1 heterocycles. The monoisotopic (exact) mass is 499 g/mol.